The topological polar surface area (TPSA) is 37.3 Å². The third kappa shape index (κ3) is 1.95. The van der Waals surface area contributed by atoms with Gasteiger partial charge in [-0.2, -0.15) is 0 Å². The average molecular weight is 224 g/mol. The Morgan fingerprint density at radius 2 is 1.75 bits per heavy atom. The maximum absolute atomic E-state index is 12.2. The number of allylic oxidation sites excluding steroid dienone is 2. The Kier molecular flexibility index (Phi) is 3.10. The zero-order valence-corrected chi connectivity index (χ0v) is 11.3. The van der Waals surface area contributed by atoms with Crippen LogP contribution in [0.15, 0.2) is 11.6 Å². The Labute approximate surface area is 98.7 Å². The molecule has 0 heterocycles. The lowest BCUT2D eigenvalue weighted by Crippen LogP contribution is -2.43. The van der Waals surface area contributed by atoms with Gasteiger partial charge in [-0.1, -0.05) is 47.1 Å². The van der Waals surface area contributed by atoms with Gasteiger partial charge in [0.15, 0.2) is 5.78 Å². The summed E-state index contributed by atoms with van der Waals surface area (Å²) in [4.78, 5) is 12.2. The second-order valence-electron chi connectivity index (χ2n) is 6.95. The van der Waals surface area contributed by atoms with E-state index in [2.05, 4.69) is 20.8 Å². The highest BCUT2D eigenvalue weighted by atomic mass is 16.3. The van der Waals surface area contributed by atoms with Crippen LogP contribution in [0, 0.1) is 16.2 Å². The molecule has 0 aromatic heterocycles. The molecule has 0 amide bonds. The minimum atomic E-state index is -0.615. The van der Waals surface area contributed by atoms with Gasteiger partial charge in [0.2, 0.25) is 0 Å². The molecule has 0 radical (unpaired) electrons. The third-order valence-electron chi connectivity index (χ3n) is 3.94. The molecule has 1 aliphatic carbocycles. The Bertz CT molecular complexity index is 326. The Balaban J connectivity index is 3.12. The van der Waals surface area contributed by atoms with Crippen LogP contribution in [0.4, 0.5) is 0 Å². The van der Waals surface area contributed by atoms with E-state index in [0.717, 1.165) is 5.57 Å². The second kappa shape index (κ2) is 3.69. The summed E-state index contributed by atoms with van der Waals surface area (Å²) < 4.78 is 0. The quantitative estimate of drug-likeness (QED) is 0.743. The summed E-state index contributed by atoms with van der Waals surface area (Å²) in [7, 11) is 0. The molecule has 2 nitrogen and oxygen atoms in total. The summed E-state index contributed by atoms with van der Waals surface area (Å²) >= 11 is 0. The number of carbonyl (C=O) groups excluding carboxylic acids is 1. The first kappa shape index (κ1) is 13.4. The number of rotatable bonds is 1. The van der Waals surface area contributed by atoms with Crippen molar-refractivity contribution < 1.29 is 9.90 Å². The molecule has 0 bridgehead atoms. The van der Waals surface area contributed by atoms with Crippen molar-refractivity contribution in [1.29, 1.82) is 0 Å². The molecule has 0 aromatic carbocycles. The molecular formula is C14H24O2. The van der Waals surface area contributed by atoms with Crippen LogP contribution >= 0.6 is 0 Å². The van der Waals surface area contributed by atoms with Crippen LogP contribution in [-0.4, -0.2) is 17.5 Å². The predicted molar refractivity (Wildman–Crippen MR) is 66.1 cm³/mol. The SMILES string of the molecule is CC(C)(C)C1=CC(=O)[C@](CO)(C(C)(C)C)C1. The van der Waals surface area contributed by atoms with Crippen LogP contribution in [0.2, 0.25) is 0 Å². The van der Waals surface area contributed by atoms with Gasteiger partial charge in [0.25, 0.3) is 0 Å². The third-order valence-corrected chi connectivity index (χ3v) is 3.94. The number of aliphatic hydroxyl groups excluding tert-OH is 1. The van der Waals surface area contributed by atoms with E-state index in [0.29, 0.717) is 6.42 Å². The molecule has 1 N–H and O–H groups in total. The highest BCUT2D eigenvalue weighted by Crippen LogP contribution is 2.51. The molecule has 1 atom stereocenters. The lowest BCUT2D eigenvalue weighted by Gasteiger charge is -2.40. The van der Waals surface area contributed by atoms with Gasteiger partial charge in [0, 0.05) is 0 Å². The van der Waals surface area contributed by atoms with Crippen LogP contribution in [-0.2, 0) is 4.79 Å². The van der Waals surface area contributed by atoms with Gasteiger partial charge in [-0.05, 0) is 23.3 Å². The van der Waals surface area contributed by atoms with Gasteiger partial charge in [0.05, 0.1) is 12.0 Å². The van der Waals surface area contributed by atoms with E-state index in [9.17, 15) is 9.90 Å². The number of ketones is 1. The summed E-state index contributed by atoms with van der Waals surface area (Å²) in [6.45, 7) is 12.4. The van der Waals surface area contributed by atoms with Crippen molar-refractivity contribution in [2.75, 3.05) is 6.61 Å². The minimum Gasteiger partial charge on any atom is -0.395 e. The van der Waals surface area contributed by atoms with E-state index in [1.54, 1.807) is 6.08 Å². The molecule has 2 heteroatoms. The van der Waals surface area contributed by atoms with Crippen LogP contribution < -0.4 is 0 Å². The summed E-state index contributed by atoms with van der Waals surface area (Å²) in [5, 5.41) is 9.65. The van der Waals surface area contributed by atoms with E-state index in [1.807, 2.05) is 20.8 Å². The number of hydrogen-bond acceptors (Lipinski definition) is 2. The number of hydrogen-bond donors (Lipinski definition) is 1. The summed E-state index contributed by atoms with van der Waals surface area (Å²) in [5.41, 5.74) is 0.344. The molecule has 92 valence electrons. The van der Waals surface area contributed by atoms with Crippen molar-refractivity contribution in [2.45, 2.75) is 48.0 Å². The van der Waals surface area contributed by atoms with Crippen molar-refractivity contribution in [3.8, 4) is 0 Å². The van der Waals surface area contributed by atoms with Crippen LogP contribution in [0.25, 0.3) is 0 Å². The van der Waals surface area contributed by atoms with Gasteiger partial charge >= 0.3 is 0 Å². The molecule has 0 unspecified atom stereocenters. The minimum absolute atomic E-state index is 0.0117. The Morgan fingerprint density at radius 1 is 1.25 bits per heavy atom. The number of aliphatic hydroxyl groups is 1. The first-order valence-electron chi connectivity index (χ1n) is 5.91. The zero-order chi connectivity index (χ0) is 12.8. The van der Waals surface area contributed by atoms with Gasteiger partial charge in [-0.25, -0.2) is 0 Å². The lowest BCUT2D eigenvalue weighted by atomic mass is 9.63. The smallest absolute Gasteiger partial charge is 0.164 e. The molecule has 0 aromatic rings. The van der Waals surface area contributed by atoms with Crippen LogP contribution in [0.1, 0.15) is 48.0 Å². The fourth-order valence-corrected chi connectivity index (χ4v) is 2.25. The largest absolute Gasteiger partial charge is 0.395 e. The van der Waals surface area contributed by atoms with Crippen molar-refractivity contribution in [1.82, 2.24) is 0 Å². The van der Waals surface area contributed by atoms with E-state index in [-0.39, 0.29) is 23.2 Å². The van der Waals surface area contributed by atoms with E-state index < -0.39 is 5.41 Å². The molecule has 0 aliphatic heterocycles. The zero-order valence-electron chi connectivity index (χ0n) is 11.3. The van der Waals surface area contributed by atoms with Crippen molar-refractivity contribution >= 4 is 5.78 Å². The first-order chi connectivity index (χ1) is 7.04. The standard InChI is InChI=1S/C14H24O2/c1-12(2,3)10-7-11(16)14(8-10,9-15)13(4,5)6/h7,15H,8-9H2,1-6H3/t14-/m0/s1. The maximum atomic E-state index is 12.2. The normalized spacial score (nSPS) is 27.2. The molecule has 1 rings (SSSR count). The van der Waals surface area contributed by atoms with Crippen molar-refractivity contribution in [2.24, 2.45) is 16.2 Å². The van der Waals surface area contributed by atoms with Gasteiger partial charge in [-0.3, -0.25) is 4.79 Å². The van der Waals surface area contributed by atoms with E-state index >= 15 is 0 Å². The molecule has 0 spiro atoms. The summed E-state index contributed by atoms with van der Waals surface area (Å²) in [5.74, 6) is 0.0902. The molecular weight excluding hydrogens is 200 g/mol. The molecule has 0 saturated carbocycles. The molecule has 0 fully saturated rings. The second-order valence-corrected chi connectivity index (χ2v) is 6.95. The lowest BCUT2D eigenvalue weighted by molar-refractivity contribution is -0.132. The number of carbonyl (C=O) groups is 1. The van der Waals surface area contributed by atoms with Gasteiger partial charge < -0.3 is 5.11 Å². The fraction of sp³-hybridized carbons (Fsp3) is 0.786. The monoisotopic (exact) mass is 224 g/mol. The predicted octanol–water partition coefficient (Wildman–Crippen LogP) is 2.96. The van der Waals surface area contributed by atoms with E-state index in [4.69, 9.17) is 0 Å². The average Bonchev–Trinajstić information content (AvgIpc) is 2.41. The highest BCUT2D eigenvalue weighted by molar-refractivity contribution is 5.99. The van der Waals surface area contributed by atoms with Gasteiger partial charge in [0.1, 0.15) is 0 Å². The Hall–Kier alpha value is -0.630. The van der Waals surface area contributed by atoms with Crippen molar-refractivity contribution in [3.63, 3.8) is 0 Å². The molecule has 0 saturated heterocycles. The van der Waals surface area contributed by atoms with Crippen LogP contribution in [0.3, 0.4) is 0 Å². The van der Waals surface area contributed by atoms with Crippen molar-refractivity contribution in [3.05, 3.63) is 11.6 Å². The fourth-order valence-electron chi connectivity index (χ4n) is 2.25. The van der Waals surface area contributed by atoms with Gasteiger partial charge in [-0.15, -0.1) is 0 Å². The van der Waals surface area contributed by atoms with E-state index in [1.165, 1.54) is 0 Å². The molecule has 16 heavy (non-hydrogen) atoms. The first-order valence-corrected chi connectivity index (χ1v) is 5.91. The Morgan fingerprint density at radius 3 is 1.94 bits per heavy atom. The molecule has 1 aliphatic rings. The summed E-state index contributed by atoms with van der Waals surface area (Å²) in [6, 6.07) is 0. The summed E-state index contributed by atoms with van der Waals surface area (Å²) in [6.07, 6.45) is 2.44. The highest BCUT2D eigenvalue weighted by Gasteiger charge is 2.51. The van der Waals surface area contributed by atoms with Crippen LogP contribution in [0.5, 0.6) is 0 Å². The maximum Gasteiger partial charge on any atom is 0.164 e.